The SMILES string of the molecule is C[C@@H]1CCCC[C@]12NC(=O)N(CC(=O)Nc1ccc(Br)cc1Br)C2=O. The molecule has 1 saturated heterocycles. The van der Waals surface area contributed by atoms with Crippen molar-refractivity contribution in [2.45, 2.75) is 38.1 Å². The maximum Gasteiger partial charge on any atom is 0.325 e. The molecule has 1 heterocycles. The van der Waals surface area contributed by atoms with Crippen LogP contribution in [0.2, 0.25) is 0 Å². The smallest absolute Gasteiger partial charge is 0.323 e. The van der Waals surface area contributed by atoms with Crippen LogP contribution in [0.5, 0.6) is 0 Å². The Bertz CT molecular complexity index is 740. The Labute approximate surface area is 163 Å². The summed E-state index contributed by atoms with van der Waals surface area (Å²) < 4.78 is 1.59. The number of rotatable bonds is 3. The van der Waals surface area contributed by atoms with Crippen molar-refractivity contribution in [3.05, 3.63) is 27.1 Å². The molecule has 2 aliphatic rings. The van der Waals surface area contributed by atoms with Crippen LogP contribution in [-0.2, 0) is 9.59 Å². The van der Waals surface area contributed by atoms with Gasteiger partial charge in [0.15, 0.2) is 0 Å². The van der Waals surface area contributed by atoms with Crippen LogP contribution in [0.4, 0.5) is 10.5 Å². The minimum absolute atomic E-state index is 0.0754. The lowest BCUT2D eigenvalue weighted by Gasteiger charge is -2.36. The second-order valence-electron chi connectivity index (χ2n) is 6.61. The lowest BCUT2D eigenvalue weighted by Crippen LogP contribution is -2.54. The van der Waals surface area contributed by atoms with Gasteiger partial charge < -0.3 is 10.6 Å². The molecule has 1 spiro atoms. The third-order valence-corrected chi connectivity index (χ3v) is 6.16. The van der Waals surface area contributed by atoms with Gasteiger partial charge in [-0.3, -0.25) is 14.5 Å². The van der Waals surface area contributed by atoms with Gasteiger partial charge in [0.1, 0.15) is 12.1 Å². The van der Waals surface area contributed by atoms with Gasteiger partial charge >= 0.3 is 6.03 Å². The molecule has 134 valence electrons. The van der Waals surface area contributed by atoms with Crippen molar-refractivity contribution in [3.8, 4) is 0 Å². The molecule has 2 atom stereocenters. The number of amides is 4. The van der Waals surface area contributed by atoms with Crippen molar-refractivity contribution >= 4 is 55.4 Å². The number of nitrogens with zero attached hydrogens (tertiary/aromatic N) is 1. The van der Waals surface area contributed by atoms with Gasteiger partial charge in [0.05, 0.1) is 5.69 Å². The van der Waals surface area contributed by atoms with E-state index in [1.54, 1.807) is 12.1 Å². The number of carbonyl (C=O) groups is 3. The highest BCUT2D eigenvalue weighted by molar-refractivity contribution is 9.11. The summed E-state index contributed by atoms with van der Waals surface area (Å²) in [6, 6.07) is 4.86. The summed E-state index contributed by atoms with van der Waals surface area (Å²) in [5.41, 5.74) is -0.255. The molecule has 25 heavy (non-hydrogen) atoms. The summed E-state index contributed by atoms with van der Waals surface area (Å²) in [4.78, 5) is 38.5. The molecule has 2 N–H and O–H groups in total. The molecule has 3 rings (SSSR count). The Kier molecular flexibility index (Phi) is 5.20. The summed E-state index contributed by atoms with van der Waals surface area (Å²) >= 11 is 6.72. The molecule has 0 radical (unpaired) electrons. The van der Waals surface area contributed by atoms with E-state index >= 15 is 0 Å². The standard InChI is InChI=1S/C17H19Br2N3O3/c1-10-4-2-3-7-17(10)15(24)22(16(25)21-17)9-14(23)20-13-6-5-11(18)8-12(13)19/h5-6,8,10H,2-4,7,9H2,1H3,(H,20,23)(H,21,25)/t10-,17+/m1/s1. The summed E-state index contributed by atoms with van der Waals surface area (Å²) in [6.45, 7) is 1.70. The third-order valence-electron chi connectivity index (χ3n) is 5.01. The number of carbonyl (C=O) groups excluding carboxylic acids is 3. The monoisotopic (exact) mass is 471 g/mol. The fourth-order valence-electron chi connectivity index (χ4n) is 3.56. The fraction of sp³-hybridized carbons (Fsp3) is 0.471. The van der Waals surface area contributed by atoms with E-state index in [9.17, 15) is 14.4 Å². The average Bonchev–Trinajstić information content (AvgIpc) is 2.78. The van der Waals surface area contributed by atoms with Crippen LogP contribution < -0.4 is 10.6 Å². The van der Waals surface area contributed by atoms with E-state index in [4.69, 9.17) is 0 Å². The zero-order valence-corrected chi connectivity index (χ0v) is 16.9. The van der Waals surface area contributed by atoms with Crippen molar-refractivity contribution in [2.75, 3.05) is 11.9 Å². The highest BCUT2D eigenvalue weighted by Crippen LogP contribution is 2.38. The minimum Gasteiger partial charge on any atom is -0.323 e. The van der Waals surface area contributed by atoms with Crippen molar-refractivity contribution in [2.24, 2.45) is 5.92 Å². The lowest BCUT2D eigenvalue weighted by atomic mass is 9.73. The molecule has 1 saturated carbocycles. The molecule has 1 aromatic carbocycles. The predicted molar refractivity (Wildman–Crippen MR) is 101 cm³/mol. The molecule has 4 amide bonds. The maximum absolute atomic E-state index is 12.8. The van der Waals surface area contributed by atoms with Crippen LogP contribution in [0.1, 0.15) is 32.6 Å². The Morgan fingerprint density at radius 1 is 1.36 bits per heavy atom. The van der Waals surface area contributed by atoms with Gasteiger partial charge in [-0.05, 0) is 52.9 Å². The van der Waals surface area contributed by atoms with Gasteiger partial charge in [-0.25, -0.2) is 4.79 Å². The maximum atomic E-state index is 12.8. The highest BCUT2D eigenvalue weighted by Gasteiger charge is 2.55. The zero-order chi connectivity index (χ0) is 18.2. The average molecular weight is 473 g/mol. The van der Waals surface area contributed by atoms with Crippen LogP contribution >= 0.6 is 31.9 Å². The number of halogens is 2. The van der Waals surface area contributed by atoms with Crippen LogP contribution in [0, 0.1) is 5.92 Å². The molecule has 0 aromatic heterocycles. The van der Waals surface area contributed by atoms with Gasteiger partial charge in [-0.2, -0.15) is 0 Å². The summed E-state index contributed by atoms with van der Waals surface area (Å²) in [5.74, 6) is -0.617. The first-order valence-corrected chi connectivity index (χ1v) is 9.81. The Hall–Kier alpha value is -1.41. The highest BCUT2D eigenvalue weighted by atomic mass is 79.9. The van der Waals surface area contributed by atoms with Crippen LogP contribution in [0.15, 0.2) is 27.1 Å². The third kappa shape index (κ3) is 3.46. The normalized spacial score (nSPS) is 26.0. The number of imide groups is 1. The molecule has 1 aromatic rings. The number of anilines is 1. The zero-order valence-electron chi connectivity index (χ0n) is 13.8. The van der Waals surface area contributed by atoms with Gasteiger partial charge in [-0.15, -0.1) is 0 Å². The largest absolute Gasteiger partial charge is 0.325 e. The number of hydrogen-bond donors (Lipinski definition) is 2. The molecule has 2 fully saturated rings. The van der Waals surface area contributed by atoms with Crippen LogP contribution in [-0.4, -0.2) is 34.8 Å². The van der Waals surface area contributed by atoms with Crippen LogP contribution in [0.25, 0.3) is 0 Å². The second-order valence-corrected chi connectivity index (χ2v) is 8.38. The second kappa shape index (κ2) is 7.07. The number of urea groups is 1. The number of benzene rings is 1. The van der Waals surface area contributed by atoms with Gasteiger partial charge in [0.2, 0.25) is 5.91 Å². The molecule has 8 heteroatoms. The molecular formula is C17H19Br2N3O3. The first-order chi connectivity index (χ1) is 11.8. The Morgan fingerprint density at radius 2 is 2.12 bits per heavy atom. The first kappa shape index (κ1) is 18.4. The Morgan fingerprint density at radius 3 is 2.80 bits per heavy atom. The predicted octanol–water partition coefficient (Wildman–Crippen LogP) is 3.65. The topological polar surface area (TPSA) is 78.5 Å². The van der Waals surface area contributed by atoms with Crippen molar-refractivity contribution < 1.29 is 14.4 Å². The van der Waals surface area contributed by atoms with E-state index < -0.39 is 17.5 Å². The van der Waals surface area contributed by atoms with Crippen LogP contribution in [0.3, 0.4) is 0 Å². The van der Waals surface area contributed by atoms with Crippen molar-refractivity contribution in [1.82, 2.24) is 10.2 Å². The van der Waals surface area contributed by atoms with E-state index in [1.807, 2.05) is 13.0 Å². The fourth-order valence-corrected chi connectivity index (χ4v) is 4.71. The van der Waals surface area contributed by atoms with E-state index in [0.717, 1.165) is 28.6 Å². The molecule has 0 bridgehead atoms. The number of hydrogen-bond acceptors (Lipinski definition) is 3. The summed E-state index contributed by atoms with van der Waals surface area (Å²) in [7, 11) is 0. The van der Waals surface area contributed by atoms with Gasteiger partial charge in [-0.1, -0.05) is 35.7 Å². The van der Waals surface area contributed by atoms with Gasteiger partial charge in [0.25, 0.3) is 5.91 Å². The summed E-state index contributed by atoms with van der Waals surface area (Å²) in [6.07, 6.45) is 3.50. The molecular weight excluding hydrogens is 454 g/mol. The van der Waals surface area contributed by atoms with Crippen molar-refractivity contribution in [1.29, 1.82) is 0 Å². The van der Waals surface area contributed by atoms with Crippen molar-refractivity contribution in [3.63, 3.8) is 0 Å². The van der Waals surface area contributed by atoms with E-state index in [2.05, 4.69) is 42.5 Å². The molecule has 6 nitrogen and oxygen atoms in total. The number of nitrogens with one attached hydrogen (secondary N) is 2. The lowest BCUT2D eigenvalue weighted by molar-refractivity contribution is -0.136. The molecule has 0 unspecified atom stereocenters. The van der Waals surface area contributed by atoms with E-state index in [-0.39, 0.29) is 18.4 Å². The van der Waals surface area contributed by atoms with Gasteiger partial charge in [0, 0.05) is 8.95 Å². The first-order valence-electron chi connectivity index (χ1n) is 8.22. The molecule has 1 aliphatic heterocycles. The minimum atomic E-state index is -0.839. The Balaban J connectivity index is 1.71. The molecule has 1 aliphatic carbocycles. The summed E-state index contributed by atoms with van der Waals surface area (Å²) in [5, 5.41) is 5.58. The van der Waals surface area contributed by atoms with E-state index in [0.29, 0.717) is 16.6 Å². The quantitative estimate of drug-likeness (QED) is 0.659. The van der Waals surface area contributed by atoms with E-state index in [1.165, 1.54) is 0 Å².